The van der Waals surface area contributed by atoms with E-state index >= 15 is 0 Å². The summed E-state index contributed by atoms with van der Waals surface area (Å²) in [7, 11) is 0. The van der Waals surface area contributed by atoms with Gasteiger partial charge in [0.25, 0.3) is 5.91 Å². The number of nitrogens with zero attached hydrogens (tertiary/aromatic N) is 2. The monoisotopic (exact) mass is 524 g/mol. The van der Waals surface area contributed by atoms with Crippen molar-refractivity contribution in [1.29, 1.82) is 0 Å². The van der Waals surface area contributed by atoms with Crippen LogP contribution in [0.5, 0.6) is 11.5 Å². The van der Waals surface area contributed by atoms with Gasteiger partial charge in [-0.1, -0.05) is 72.8 Å². The molecule has 1 heterocycles. The molecule has 1 aliphatic heterocycles. The topological polar surface area (TPSA) is 77.4 Å². The molecule has 3 aromatic rings. The number of ether oxygens (including phenoxy) is 3. The second-order valence-corrected chi connectivity index (χ2v) is 9.49. The van der Waals surface area contributed by atoms with E-state index in [1.807, 2.05) is 61.5 Å². The third-order valence-corrected chi connectivity index (χ3v) is 6.89. The molecule has 39 heavy (non-hydrogen) atoms. The Kier molecular flexibility index (Phi) is 8.36. The third kappa shape index (κ3) is 6.20. The Morgan fingerprint density at radius 1 is 0.897 bits per heavy atom. The van der Waals surface area contributed by atoms with Crippen LogP contribution in [0.4, 0.5) is 0 Å². The molecule has 1 fully saturated rings. The predicted molar refractivity (Wildman–Crippen MR) is 149 cm³/mol. The molecule has 5 rings (SSSR count). The van der Waals surface area contributed by atoms with Crippen LogP contribution in [0.15, 0.2) is 95.6 Å². The molecule has 7 heteroatoms. The Hall–Kier alpha value is -4.39. The summed E-state index contributed by atoms with van der Waals surface area (Å²) in [5.41, 5.74) is 4.20. The Morgan fingerprint density at radius 3 is 2.28 bits per heavy atom. The van der Waals surface area contributed by atoms with Gasteiger partial charge in [0.2, 0.25) is 0 Å². The number of fused-ring (bicyclic) bond motifs is 1. The molecule has 1 amide bonds. The van der Waals surface area contributed by atoms with Crippen molar-refractivity contribution >= 4 is 23.7 Å². The van der Waals surface area contributed by atoms with Crippen molar-refractivity contribution in [3.63, 3.8) is 0 Å². The third-order valence-electron chi connectivity index (χ3n) is 6.89. The number of carbonyl (C=O) groups is 2. The van der Waals surface area contributed by atoms with Crippen molar-refractivity contribution < 1.29 is 23.8 Å². The fraction of sp³-hybridized carbons (Fsp3) is 0.281. The highest BCUT2D eigenvalue weighted by Crippen LogP contribution is 2.44. The van der Waals surface area contributed by atoms with Crippen LogP contribution in [0.25, 0.3) is 6.08 Å². The summed E-state index contributed by atoms with van der Waals surface area (Å²) in [6.07, 6.45) is 5.02. The van der Waals surface area contributed by atoms with E-state index in [0.717, 1.165) is 41.7 Å². The van der Waals surface area contributed by atoms with E-state index in [4.69, 9.17) is 19.3 Å². The molecule has 0 bridgehead atoms. The zero-order valence-electron chi connectivity index (χ0n) is 22.0. The minimum absolute atomic E-state index is 0.0779. The van der Waals surface area contributed by atoms with Crippen molar-refractivity contribution in [3.8, 4) is 11.5 Å². The molecule has 3 aromatic carbocycles. The number of allylic oxidation sites excluding steroid dienone is 1. The van der Waals surface area contributed by atoms with E-state index in [0.29, 0.717) is 18.1 Å². The highest BCUT2D eigenvalue weighted by Gasteiger charge is 2.43. The molecule has 2 atom stereocenters. The second kappa shape index (κ2) is 12.4. The Labute approximate surface area is 228 Å². The average Bonchev–Trinajstić information content (AvgIpc) is 3.37. The maximum absolute atomic E-state index is 13.4. The van der Waals surface area contributed by atoms with E-state index in [-0.39, 0.29) is 24.5 Å². The van der Waals surface area contributed by atoms with E-state index in [1.54, 1.807) is 18.2 Å². The van der Waals surface area contributed by atoms with Crippen molar-refractivity contribution in [2.24, 2.45) is 11.0 Å². The van der Waals surface area contributed by atoms with Gasteiger partial charge >= 0.3 is 5.97 Å². The van der Waals surface area contributed by atoms with Gasteiger partial charge < -0.3 is 14.2 Å². The Bertz CT molecular complexity index is 1350. The number of rotatable bonds is 9. The van der Waals surface area contributed by atoms with Crippen LogP contribution in [-0.4, -0.2) is 42.4 Å². The number of hydrogen-bond acceptors (Lipinski definition) is 6. The number of hydrazone groups is 1. The predicted octanol–water partition coefficient (Wildman–Crippen LogP) is 5.83. The van der Waals surface area contributed by atoms with Crippen LogP contribution in [0.1, 0.15) is 43.4 Å². The number of hydrogen-bond donors (Lipinski definition) is 0. The first-order valence-corrected chi connectivity index (χ1v) is 13.4. The molecule has 0 aromatic heterocycles. The van der Waals surface area contributed by atoms with Crippen LogP contribution in [0.2, 0.25) is 0 Å². The molecule has 1 aliphatic carbocycles. The molecule has 2 unspecified atom stereocenters. The van der Waals surface area contributed by atoms with Gasteiger partial charge in [-0.25, -0.2) is 9.80 Å². The van der Waals surface area contributed by atoms with Crippen LogP contribution in [0, 0.1) is 5.92 Å². The van der Waals surface area contributed by atoms with E-state index in [1.165, 1.54) is 5.01 Å². The first kappa shape index (κ1) is 26.2. The fourth-order valence-corrected chi connectivity index (χ4v) is 5.17. The molecule has 2 aliphatic rings. The lowest BCUT2D eigenvalue weighted by Gasteiger charge is -2.29. The minimum atomic E-state index is -0.639. The van der Waals surface area contributed by atoms with Gasteiger partial charge in [-0.15, -0.1) is 0 Å². The van der Waals surface area contributed by atoms with Gasteiger partial charge in [0.05, 0.1) is 18.4 Å². The molecule has 0 radical (unpaired) electrons. The lowest BCUT2D eigenvalue weighted by atomic mass is 9.77. The van der Waals surface area contributed by atoms with Gasteiger partial charge in [0.1, 0.15) is 0 Å². The normalized spacial score (nSPS) is 19.3. The number of esters is 1. The summed E-state index contributed by atoms with van der Waals surface area (Å²) in [6.45, 7) is 1.60. The Morgan fingerprint density at radius 2 is 1.56 bits per heavy atom. The molecular formula is C32H32N2O5. The van der Waals surface area contributed by atoms with E-state index in [2.05, 4.69) is 18.2 Å². The molecular weight excluding hydrogens is 492 g/mol. The van der Waals surface area contributed by atoms with Crippen molar-refractivity contribution in [2.45, 2.75) is 32.2 Å². The van der Waals surface area contributed by atoms with Gasteiger partial charge in [0, 0.05) is 5.92 Å². The maximum Gasteiger partial charge on any atom is 0.344 e. The van der Waals surface area contributed by atoms with E-state index < -0.39 is 12.6 Å². The first-order chi connectivity index (χ1) is 19.1. The molecule has 0 spiro atoms. The zero-order valence-corrected chi connectivity index (χ0v) is 22.0. The summed E-state index contributed by atoms with van der Waals surface area (Å²) >= 11 is 0. The summed E-state index contributed by atoms with van der Waals surface area (Å²) in [4.78, 5) is 25.9. The number of carbonyl (C=O) groups excluding carboxylic acids is 2. The van der Waals surface area contributed by atoms with Gasteiger partial charge in [-0.3, -0.25) is 4.79 Å². The van der Waals surface area contributed by atoms with Gasteiger partial charge in [0.15, 0.2) is 24.7 Å². The summed E-state index contributed by atoms with van der Waals surface area (Å²) in [5.74, 6) is 0.0610. The van der Waals surface area contributed by atoms with Crippen LogP contribution >= 0.6 is 0 Å². The van der Waals surface area contributed by atoms with Gasteiger partial charge in [-0.05, 0) is 61.1 Å². The number of benzene rings is 3. The standard InChI is InChI=1S/C32H32N2O5/c1-2-37-27-18-9-10-19-28(27)38-22-30(36)39-21-29(35)34-32(24-14-7-4-8-15-24)26-17-11-16-25(31(26)33-34)20-23-12-5-3-6-13-23/h3-10,12-15,18-20,26,32H,2,11,16-17,21-22H2,1H3/b25-20+. The average molecular weight is 525 g/mol. The minimum Gasteiger partial charge on any atom is -0.490 e. The molecule has 1 saturated carbocycles. The highest BCUT2D eigenvalue weighted by atomic mass is 16.6. The largest absolute Gasteiger partial charge is 0.490 e. The maximum atomic E-state index is 13.4. The quantitative estimate of drug-likeness (QED) is 0.329. The van der Waals surface area contributed by atoms with Crippen LogP contribution < -0.4 is 9.47 Å². The van der Waals surface area contributed by atoms with Crippen LogP contribution in [0.3, 0.4) is 0 Å². The first-order valence-electron chi connectivity index (χ1n) is 13.4. The van der Waals surface area contributed by atoms with Gasteiger partial charge in [-0.2, -0.15) is 5.10 Å². The number of amides is 1. The molecule has 0 N–H and O–H groups in total. The summed E-state index contributed by atoms with van der Waals surface area (Å²) < 4.78 is 16.4. The molecule has 7 nitrogen and oxygen atoms in total. The zero-order chi connectivity index (χ0) is 27.0. The van der Waals surface area contributed by atoms with Crippen LogP contribution in [-0.2, 0) is 14.3 Å². The lowest BCUT2D eigenvalue weighted by molar-refractivity contribution is -0.154. The van der Waals surface area contributed by atoms with Crippen molar-refractivity contribution in [1.82, 2.24) is 5.01 Å². The van der Waals surface area contributed by atoms with Crippen molar-refractivity contribution in [3.05, 3.63) is 102 Å². The lowest BCUT2D eigenvalue weighted by Crippen LogP contribution is -2.35. The highest BCUT2D eigenvalue weighted by molar-refractivity contribution is 6.08. The number of para-hydroxylation sites is 2. The SMILES string of the molecule is CCOc1ccccc1OCC(=O)OCC(=O)N1N=C2/C(=C/c3ccccc3)CCCC2C1c1ccccc1. The smallest absolute Gasteiger partial charge is 0.344 e. The molecule has 200 valence electrons. The second-order valence-electron chi connectivity index (χ2n) is 9.49. The molecule has 0 saturated heterocycles. The van der Waals surface area contributed by atoms with E-state index in [9.17, 15) is 9.59 Å². The fourth-order valence-electron chi connectivity index (χ4n) is 5.17. The van der Waals surface area contributed by atoms with Crippen molar-refractivity contribution in [2.75, 3.05) is 19.8 Å². The summed E-state index contributed by atoms with van der Waals surface area (Å²) in [6, 6.07) is 27.0. The summed E-state index contributed by atoms with van der Waals surface area (Å²) in [5, 5.41) is 6.35. The Balaban J connectivity index is 1.30.